The third-order valence-corrected chi connectivity index (χ3v) is 2.61. The van der Waals surface area contributed by atoms with Gasteiger partial charge in [-0.1, -0.05) is 0 Å². The number of rotatable bonds is 2. The minimum absolute atomic E-state index is 0.0451. The Morgan fingerprint density at radius 3 is 2.65 bits per heavy atom. The van der Waals surface area contributed by atoms with Crippen LogP contribution in [0.2, 0.25) is 0 Å². The van der Waals surface area contributed by atoms with E-state index in [9.17, 15) is 4.79 Å². The van der Waals surface area contributed by atoms with Crippen LogP contribution in [-0.4, -0.2) is 9.78 Å². The van der Waals surface area contributed by atoms with Crippen molar-refractivity contribution in [1.82, 2.24) is 9.78 Å². The molecule has 0 atom stereocenters. The van der Waals surface area contributed by atoms with Crippen LogP contribution in [-0.2, 0) is 7.05 Å². The molecule has 0 fully saturated rings. The van der Waals surface area contributed by atoms with Crippen LogP contribution in [0.5, 0.6) is 0 Å². The number of aromatic nitrogens is 2. The van der Waals surface area contributed by atoms with Crippen LogP contribution >= 0.6 is 0 Å². The second kappa shape index (κ2) is 4.41. The van der Waals surface area contributed by atoms with Gasteiger partial charge in [-0.2, -0.15) is 5.10 Å². The highest BCUT2D eigenvalue weighted by atomic mass is 16.3. The Labute approximate surface area is 99.2 Å². The molecule has 17 heavy (non-hydrogen) atoms. The molecule has 4 nitrogen and oxygen atoms in total. The van der Waals surface area contributed by atoms with Crippen molar-refractivity contribution in [2.24, 2.45) is 7.05 Å². The molecule has 2 aromatic rings. The molecule has 0 aliphatic heterocycles. The van der Waals surface area contributed by atoms with Gasteiger partial charge in [0, 0.05) is 30.4 Å². The monoisotopic (exact) mass is 230 g/mol. The van der Waals surface area contributed by atoms with E-state index >= 15 is 0 Å². The van der Waals surface area contributed by atoms with Gasteiger partial charge < -0.3 is 4.42 Å². The maximum atomic E-state index is 11.3. The summed E-state index contributed by atoms with van der Waals surface area (Å²) < 4.78 is 7.21. The van der Waals surface area contributed by atoms with Crippen molar-refractivity contribution in [3.8, 4) is 0 Å². The Bertz CT molecular complexity index is 621. The highest BCUT2D eigenvalue weighted by molar-refractivity contribution is 5.67. The summed E-state index contributed by atoms with van der Waals surface area (Å²) in [6.45, 7) is 3.74. The lowest BCUT2D eigenvalue weighted by Gasteiger charge is -1.96. The number of nitrogens with zero attached hydrogens (tertiary/aromatic N) is 2. The van der Waals surface area contributed by atoms with Crippen LogP contribution in [0, 0.1) is 13.8 Å². The van der Waals surface area contributed by atoms with Gasteiger partial charge in [0.15, 0.2) is 5.43 Å². The quantitative estimate of drug-likeness (QED) is 0.794. The SMILES string of the molecule is Cc1cc(=O)cc(C=Cc2cnn(C)c2C)o1. The lowest BCUT2D eigenvalue weighted by atomic mass is 10.2. The van der Waals surface area contributed by atoms with Crippen LogP contribution in [0.3, 0.4) is 0 Å². The minimum Gasteiger partial charge on any atom is -0.462 e. The van der Waals surface area contributed by atoms with E-state index in [-0.39, 0.29) is 5.43 Å². The molecule has 0 saturated carbocycles. The fourth-order valence-corrected chi connectivity index (χ4v) is 1.56. The Morgan fingerprint density at radius 1 is 1.29 bits per heavy atom. The predicted octanol–water partition coefficient (Wildman–Crippen LogP) is 2.16. The van der Waals surface area contributed by atoms with E-state index in [0.717, 1.165) is 11.3 Å². The minimum atomic E-state index is -0.0451. The molecular formula is C13H14N2O2. The third kappa shape index (κ3) is 2.53. The Hall–Kier alpha value is -2.10. The molecule has 0 saturated heterocycles. The average Bonchev–Trinajstić information content (AvgIpc) is 2.56. The maximum absolute atomic E-state index is 11.3. The molecule has 88 valence electrons. The fourth-order valence-electron chi connectivity index (χ4n) is 1.56. The summed E-state index contributed by atoms with van der Waals surface area (Å²) >= 11 is 0. The average molecular weight is 230 g/mol. The molecule has 2 heterocycles. The lowest BCUT2D eigenvalue weighted by molar-refractivity contribution is 0.505. The van der Waals surface area contributed by atoms with Crippen LogP contribution < -0.4 is 5.43 Å². The maximum Gasteiger partial charge on any atom is 0.185 e. The van der Waals surface area contributed by atoms with Gasteiger partial charge in [-0.25, -0.2) is 0 Å². The highest BCUT2D eigenvalue weighted by Gasteiger charge is 2.00. The topological polar surface area (TPSA) is 48.0 Å². The molecule has 0 aliphatic rings. The third-order valence-electron chi connectivity index (χ3n) is 2.61. The first-order valence-corrected chi connectivity index (χ1v) is 5.35. The van der Waals surface area contributed by atoms with Crippen LogP contribution in [0.25, 0.3) is 12.2 Å². The van der Waals surface area contributed by atoms with Gasteiger partial charge in [0.25, 0.3) is 0 Å². The van der Waals surface area contributed by atoms with Crippen molar-refractivity contribution < 1.29 is 4.42 Å². The smallest absolute Gasteiger partial charge is 0.185 e. The second-order valence-electron chi connectivity index (χ2n) is 3.95. The molecule has 0 spiro atoms. The summed E-state index contributed by atoms with van der Waals surface area (Å²) in [4.78, 5) is 11.3. The molecule has 0 aromatic carbocycles. The first-order valence-electron chi connectivity index (χ1n) is 5.35. The molecule has 0 amide bonds. The molecule has 0 unspecified atom stereocenters. The summed E-state index contributed by atoms with van der Waals surface area (Å²) in [5.74, 6) is 1.17. The van der Waals surface area contributed by atoms with Gasteiger partial charge in [0.2, 0.25) is 0 Å². The van der Waals surface area contributed by atoms with E-state index in [1.54, 1.807) is 23.9 Å². The van der Waals surface area contributed by atoms with Crippen LogP contribution in [0.1, 0.15) is 22.8 Å². The Kier molecular flexibility index (Phi) is 2.95. The first kappa shape index (κ1) is 11.4. The number of aryl methyl sites for hydroxylation is 2. The van der Waals surface area contributed by atoms with Gasteiger partial charge in [0.05, 0.1) is 6.20 Å². The first-order chi connectivity index (χ1) is 8.06. The van der Waals surface area contributed by atoms with E-state index < -0.39 is 0 Å². The standard InChI is InChI=1S/C13H14N2O2/c1-9-6-12(16)7-13(17-9)5-4-11-8-14-15(3)10(11)2/h4-8H,1-3H3. The van der Waals surface area contributed by atoms with Gasteiger partial charge in [-0.3, -0.25) is 9.48 Å². The summed E-state index contributed by atoms with van der Waals surface area (Å²) in [7, 11) is 1.89. The second-order valence-corrected chi connectivity index (χ2v) is 3.95. The van der Waals surface area contributed by atoms with E-state index in [0.29, 0.717) is 11.5 Å². The molecule has 0 bridgehead atoms. The molecule has 2 aromatic heterocycles. The molecular weight excluding hydrogens is 216 g/mol. The summed E-state index contributed by atoms with van der Waals surface area (Å²) in [6, 6.07) is 2.93. The van der Waals surface area contributed by atoms with Crippen LogP contribution in [0.4, 0.5) is 0 Å². The van der Waals surface area contributed by atoms with Crippen molar-refractivity contribution >= 4 is 12.2 Å². The van der Waals surface area contributed by atoms with Gasteiger partial charge in [0.1, 0.15) is 11.5 Å². The van der Waals surface area contributed by atoms with Crippen molar-refractivity contribution in [1.29, 1.82) is 0 Å². The Morgan fingerprint density at radius 2 is 2.06 bits per heavy atom. The zero-order valence-corrected chi connectivity index (χ0v) is 10.1. The van der Waals surface area contributed by atoms with Gasteiger partial charge in [-0.05, 0) is 26.0 Å². The van der Waals surface area contributed by atoms with E-state index in [4.69, 9.17) is 4.42 Å². The zero-order chi connectivity index (χ0) is 12.4. The predicted molar refractivity (Wildman–Crippen MR) is 66.6 cm³/mol. The lowest BCUT2D eigenvalue weighted by Crippen LogP contribution is -1.97. The van der Waals surface area contributed by atoms with E-state index in [2.05, 4.69) is 5.10 Å². The largest absolute Gasteiger partial charge is 0.462 e. The molecule has 4 heteroatoms. The summed E-state index contributed by atoms with van der Waals surface area (Å²) in [5.41, 5.74) is 2.03. The number of hydrogen-bond acceptors (Lipinski definition) is 3. The van der Waals surface area contributed by atoms with Crippen molar-refractivity contribution in [2.75, 3.05) is 0 Å². The highest BCUT2D eigenvalue weighted by Crippen LogP contribution is 2.11. The Balaban J connectivity index is 2.32. The van der Waals surface area contributed by atoms with Crippen molar-refractivity contribution in [3.05, 3.63) is 51.3 Å². The zero-order valence-electron chi connectivity index (χ0n) is 10.1. The van der Waals surface area contributed by atoms with E-state index in [1.165, 1.54) is 12.1 Å². The normalized spacial score (nSPS) is 11.2. The van der Waals surface area contributed by atoms with Crippen LogP contribution in [0.15, 0.2) is 27.5 Å². The number of hydrogen-bond donors (Lipinski definition) is 0. The van der Waals surface area contributed by atoms with Crippen molar-refractivity contribution in [3.63, 3.8) is 0 Å². The molecule has 0 N–H and O–H groups in total. The van der Waals surface area contributed by atoms with E-state index in [1.807, 2.05) is 20.0 Å². The molecule has 0 aliphatic carbocycles. The molecule has 0 radical (unpaired) electrons. The van der Waals surface area contributed by atoms with Gasteiger partial charge in [-0.15, -0.1) is 0 Å². The fraction of sp³-hybridized carbons (Fsp3) is 0.231. The van der Waals surface area contributed by atoms with Gasteiger partial charge >= 0.3 is 0 Å². The summed E-state index contributed by atoms with van der Waals surface area (Å²) in [6.07, 6.45) is 5.44. The molecule has 2 rings (SSSR count). The van der Waals surface area contributed by atoms with Crippen molar-refractivity contribution in [2.45, 2.75) is 13.8 Å². The summed E-state index contributed by atoms with van der Waals surface area (Å²) in [5, 5.41) is 4.14.